The van der Waals surface area contributed by atoms with Crippen molar-refractivity contribution in [2.45, 2.75) is 50.1 Å². The minimum Gasteiger partial charge on any atom is -0.449 e. The largest absolute Gasteiger partial charge is 0.449 e. The van der Waals surface area contributed by atoms with Crippen molar-refractivity contribution in [3.63, 3.8) is 0 Å². The Morgan fingerprint density at radius 2 is 1.73 bits per heavy atom. The Balaban J connectivity index is 1.06. The van der Waals surface area contributed by atoms with E-state index in [9.17, 15) is 9.59 Å². The smallest absolute Gasteiger partial charge is 0.407 e. The van der Waals surface area contributed by atoms with Crippen LogP contribution in [0, 0.1) is 0 Å². The molecule has 0 radical (unpaired) electrons. The van der Waals surface area contributed by atoms with Gasteiger partial charge in [0, 0.05) is 58.2 Å². The van der Waals surface area contributed by atoms with Gasteiger partial charge in [0.2, 0.25) is 5.91 Å². The predicted molar refractivity (Wildman–Crippen MR) is 170 cm³/mol. The molecule has 9 nitrogen and oxygen atoms in total. The van der Waals surface area contributed by atoms with E-state index in [4.69, 9.17) is 20.2 Å². The monoisotopic (exact) mass is 595 g/mol. The third-order valence-corrected chi connectivity index (χ3v) is 8.92. The van der Waals surface area contributed by atoms with Crippen molar-refractivity contribution < 1.29 is 19.1 Å². The predicted octanol–water partition coefficient (Wildman–Crippen LogP) is 5.03. The summed E-state index contributed by atoms with van der Waals surface area (Å²) in [5.74, 6) is 1.10. The van der Waals surface area contributed by atoms with Gasteiger partial charge in [-0.15, -0.1) is 0 Å². The number of piperidine rings is 1. The number of alkyl carbamates (subject to hydrolysis) is 1. The Kier molecular flexibility index (Phi) is 9.23. The minimum absolute atomic E-state index is 0.0221. The van der Waals surface area contributed by atoms with E-state index in [1.165, 1.54) is 11.1 Å². The maximum absolute atomic E-state index is 13.5. The molecule has 0 spiro atoms. The number of methoxy groups -OCH3 is 1. The van der Waals surface area contributed by atoms with Crippen molar-refractivity contribution in [2.24, 2.45) is 5.73 Å². The SMILES string of the molecule is COCCCn1c([C@@H]2CCCN(C(=O)C[C@@H](CN)NC(=O)OCC3c4ccccc4-c4ccccc43)C2)nc2ccccc21. The van der Waals surface area contributed by atoms with Crippen molar-refractivity contribution in [1.82, 2.24) is 19.8 Å². The van der Waals surface area contributed by atoms with Crippen LogP contribution < -0.4 is 11.1 Å². The van der Waals surface area contributed by atoms with Crippen LogP contribution in [0.1, 0.15) is 54.5 Å². The molecular formula is C35H41N5O4. The first-order chi connectivity index (χ1) is 21.6. The van der Waals surface area contributed by atoms with Gasteiger partial charge in [-0.3, -0.25) is 4.79 Å². The third kappa shape index (κ3) is 6.21. The number of nitrogens with two attached hydrogens (primary N) is 1. The lowest BCUT2D eigenvalue weighted by Gasteiger charge is -2.33. The van der Waals surface area contributed by atoms with Gasteiger partial charge in [-0.2, -0.15) is 0 Å². The molecule has 9 heteroatoms. The van der Waals surface area contributed by atoms with Crippen molar-refractivity contribution in [3.05, 3.63) is 89.7 Å². The zero-order valence-electron chi connectivity index (χ0n) is 25.3. The van der Waals surface area contributed by atoms with E-state index in [0.29, 0.717) is 19.7 Å². The summed E-state index contributed by atoms with van der Waals surface area (Å²) in [7, 11) is 1.72. The summed E-state index contributed by atoms with van der Waals surface area (Å²) in [5, 5.41) is 2.85. The van der Waals surface area contributed by atoms with Crippen LogP contribution >= 0.6 is 0 Å². The molecule has 3 aromatic carbocycles. The molecule has 0 bridgehead atoms. The fourth-order valence-corrected chi connectivity index (χ4v) is 6.76. The van der Waals surface area contributed by atoms with Crippen LogP contribution in [0.15, 0.2) is 72.8 Å². The summed E-state index contributed by atoms with van der Waals surface area (Å²) in [6, 6.07) is 24.1. The highest BCUT2D eigenvalue weighted by atomic mass is 16.5. The Labute approximate surface area is 258 Å². The Bertz CT molecular complexity index is 1570. The number of para-hydroxylation sites is 2. The van der Waals surface area contributed by atoms with Crippen molar-refractivity contribution >= 4 is 23.0 Å². The van der Waals surface area contributed by atoms with Crippen LogP contribution in [-0.2, 0) is 20.8 Å². The molecule has 1 aliphatic heterocycles. The topological polar surface area (TPSA) is 112 Å². The Morgan fingerprint density at radius 1 is 1.02 bits per heavy atom. The number of imidazole rings is 1. The quantitative estimate of drug-likeness (QED) is 0.235. The van der Waals surface area contributed by atoms with Crippen molar-refractivity contribution in [2.75, 3.05) is 40.0 Å². The standard InChI is InChI=1S/C35H41N5O4/c1-43-19-9-18-40-32-16-7-6-15-31(32)38-34(40)24-10-8-17-39(22-24)33(41)20-25(21-36)37-35(42)44-23-30-28-13-4-2-11-26(28)27-12-3-5-14-29(27)30/h2-7,11-16,24-25,30H,8-10,17-23,36H2,1H3,(H,37,42)/t24-,25+/m1/s1. The van der Waals surface area contributed by atoms with Gasteiger partial charge in [-0.1, -0.05) is 60.7 Å². The van der Waals surface area contributed by atoms with Crippen molar-refractivity contribution in [3.8, 4) is 11.1 Å². The van der Waals surface area contributed by atoms with Crippen LogP contribution in [0.2, 0.25) is 0 Å². The molecule has 2 atom stereocenters. The molecule has 2 heterocycles. The number of ether oxygens (including phenoxy) is 2. The van der Waals surface area contributed by atoms with Gasteiger partial charge in [0.1, 0.15) is 12.4 Å². The van der Waals surface area contributed by atoms with Crippen LogP contribution in [0.3, 0.4) is 0 Å². The highest BCUT2D eigenvalue weighted by Gasteiger charge is 2.31. The number of aromatic nitrogens is 2. The molecule has 2 aliphatic rings. The molecule has 0 saturated carbocycles. The lowest BCUT2D eigenvalue weighted by Crippen LogP contribution is -2.47. The van der Waals surface area contributed by atoms with E-state index < -0.39 is 12.1 Å². The van der Waals surface area contributed by atoms with Gasteiger partial charge in [0.25, 0.3) is 0 Å². The summed E-state index contributed by atoms with van der Waals surface area (Å²) in [4.78, 5) is 33.3. The molecule has 1 aliphatic carbocycles. The fourth-order valence-electron chi connectivity index (χ4n) is 6.76. The van der Waals surface area contributed by atoms with E-state index in [0.717, 1.165) is 53.8 Å². The molecule has 230 valence electrons. The maximum Gasteiger partial charge on any atom is 0.407 e. The molecule has 44 heavy (non-hydrogen) atoms. The van der Waals surface area contributed by atoms with Crippen LogP contribution in [-0.4, -0.2) is 72.5 Å². The number of nitrogens with one attached hydrogen (secondary N) is 1. The van der Waals surface area contributed by atoms with E-state index in [1.54, 1.807) is 7.11 Å². The second kappa shape index (κ2) is 13.6. The molecular weight excluding hydrogens is 554 g/mol. The molecule has 1 saturated heterocycles. The van der Waals surface area contributed by atoms with Crippen LogP contribution in [0.5, 0.6) is 0 Å². The van der Waals surface area contributed by atoms with Crippen LogP contribution in [0.4, 0.5) is 4.79 Å². The molecule has 2 amide bonds. The highest BCUT2D eigenvalue weighted by Crippen LogP contribution is 2.44. The molecule has 1 aromatic heterocycles. The number of likely N-dealkylation sites (tertiary alicyclic amines) is 1. The van der Waals surface area contributed by atoms with Crippen molar-refractivity contribution in [1.29, 1.82) is 0 Å². The van der Waals surface area contributed by atoms with Crippen LogP contribution in [0.25, 0.3) is 22.2 Å². The number of aryl methyl sites for hydroxylation is 1. The van der Waals surface area contributed by atoms with Gasteiger partial charge in [0.15, 0.2) is 0 Å². The molecule has 1 fully saturated rings. The van der Waals surface area contributed by atoms with E-state index in [2.05, 4.69) is 40.2 Å². The molecule has 3 N–H and O–H groups in total. The van der Waals surface area contributed by atoms with E-state index in [1.807, 2.05) is 47.4 Å². The first-order valence-corrected chi connectivity index (χ1v) is 15.6. The lowest BCUT2D eigenvalue weighted by atomic mass is 9.96. The maximum atomic E-state index is 13.5. The summed E-state index contributed by atoms with van der Waals surface area (Å²) in [5.41, 5.74) is 12.7. The van der Waals surface area contributed by atoms with Gasteiger partial charge >= 0.3 is 6.09 Å². The second-order valence-electron chi connectivity index (χ2n) is 11.7. The van der Waals surface area contributed by atoms with Gasteiger partial charge in [-0.05, 0) is 53.6 Å². The Hall–Kier alpha value is -4.21. The summed E-state index contributed by atoms with van der Waals surface area (Å²) in [6.45, 7) is 3.12. The number of carbonyl (C=O) groups excluding carboxylic acids is 2. The van der Waals surface area contributed by atoms with Gasteiger partial charge < -0.3 is 30.0 Å². The number of benzene rings is 3. The zero-order valence-corrected chi connectivity index (χ0v) is 25.3. The number of amides is 2. The normalized spacial score (nSPS) is 16.9. The average Bonchev–Trinajstić information content (AvgIpc) is 3.59. The average molecular weight is 596 g/mol. The molecule has 6 rings (SSSR count). The highest BCUT2D eigenvalue weighted by molar-refractivity contribution is 5.80. The first kappa shape index (κ1) is 29.8. The fraction of sp³-hybridized carbons (Fsp3) is 0.400. The summed E-state index contributed by atoms with van der Waals surface area (Å²) >= 11 is 0. The summed E-state index contributed by atoms with van der Waals surface area (Å²) < 4.78 is 13.3. The minimum atomic E-state index is -0.559. The first-order valence-electron chi connectivity index (χ1n) is 15.6. The third-order valence-electron chi connectivity index (χ3n) is 8.92. The number of fused-ring (bicyclic) bond motifs is 4. The Morgan fingerprint density at radius 3 is 2.45 bits per heavy atom. The molecule has 4 aromatic rings. The number of rotatable bonds is 11. The molecule has 0 unspecified atom stereocenters. The second-order valence-corrected chi connectivity index (χ2v) is 11.7. The number of carbonyl (C=O) groups is 2. The summed E-state index contributed by atoms with van der Waals surface area (Å²) in [6.07, 6.45) is 2.31. The number of nitrogens with zero attached hydrogens (tertiary/aromatic N) is 3. The van der Waals surface area contributed by atoms with E-state index in [-0.39, 0.29) is 37.3 Å². The van der Waals surface area contributed by atoms with Gasteiger partial charge in [-0.25, -0.2) is 9.78 Å². The lowest BCUT2D eigenvalue weighted by molar-refractivity contribution is -0.132. The zero-order chi connectivity index (χ0) is 30.5. The number of hydrogen-bond donors (Lipinski definition) is 2. The van der Waals surface area contributed by atoms with Gasteiger partial charge in [0.05, 0.1) is 17.1 Å². The van der Waals surface area contributed by atoms with E-state index >= 15 is 0 Å². The number of hydrogen-bond acceptors (Lipinski definition) is 6.